The van der Waals surface area contributed by atoms with Crippen molar-refractivity contribution in [1.82, 2.24) is 0 Å². The summed E-state index contributed by atoms with van der Waals surface area (Å²) < 4.78 is 10.2. The lowest BCUT2D eigenvalue weighted by atomic mass is 10.2. The van der Waals surface area contributed by atoms with Crippen LogP contribution in [0.15, 0.2) is 36.4 Å². The molecule has 0 aliphatic heterocycles. The quantitative estimate of drug-likeness (QED) is 0.312. The highest BCUT2D eigenvalue weighted by atomic mass is 16.5. The summed E-state index contributed by atoms with van der Waals surface area (Å²) in [4.78, 5) is 23.2. The Morgan fingerprint density at radius 1 is 1.09 bits per heavy atom. The Morgan fingerprint density at radius 3 is 2.17 bits per heavy atom. The van der Waals surface area contributed by atoms with Crippen molar-refractivity contribution >= 4 is 11.9 Å². The number of carbonyl (C=O) groups is 2. The molecule has 0 bridgehead atoms. The molecule has 0 saturated carbocycles. The summed E-state index contributed by atoms with van der Waals surface area (Å²) in [6.45, 7) is 0.951. The molecule has 0 aromatic heterocycles. The average molecular weight is 322 g/mol. The van der Waals surface area contributed by atoms with Crippen molar-refractivity contribution in [1.29, 1.82) is 0 Å². The topological polar surface area (TPSA) is 93.1 Å². The van der Waals surface area contributed by atoms with E-state index < -0.39 is 25.1 Å². The molecule has 6 heteroatoms. The third-order valence-corrected chi connectivity index (χ3v) is 3.04. The molecule has 0 aliphatic rings. The summed E-state index contributed by atoms with van der Waals surface area (Å²) in [6.07, 6.45) is 5.81. The monoisotopic (exact) mass is 322 g/mol. The number of unbranched alkanes of at least 4 members (excludes halogenated alkanes) is 1. The van der Waals surface area contributed by atoms with Crippen molar-refractivity contribution in [3.63, 3.8) is 0 Å². The second-order valence-corrected chi connectivity index (χ2v) is 4.89. The second kappa shape index (κ2) is 10.5. The van der Waals surface area contributed by atoms with E-state index in [4.69, 9.17) is 19.7 Å². The number of esters is 2. The molecule has 0 radical (unpaired) electrons. The van der Waals surface area contributed by atoms with Crippen molar-refractivity contribution in [2.24, 2.45) is 5.92 Å². The highest BCUT2D eigenvalue weighted by Gasteiger charge is 2.18. The van der Waals surface area contributed by atoms with Gasteiger partial charge in [-0.2, -0.15) is 0 Å². The van der Waals surface area contributed by atoms with Crippen LogP contribution in [0.4, 0.5) is 0 Å². The van der Waals surface area contributed by atoms with Gasteiger partial charge in [0.25, 0.3) is 0 Å². The van der Waals surface area contributed by atoms with Crippen LogP contribution in [0.5, 0.6) is 11.5 Å². The first-order valence-electron chi connectivity index (χ1n) is 7.46. The van der Waals surface area contributed by atoms with Gasteiger partial charge in [0.1, 0.15) is 17.4 Å². The fraction of sp³-hybridized carbons (Fsp3) is 0.412. The zero-order valence-corrected chi connectivity index (χ0v) is 13.1. The van der Waals surface area contributed by atoms with Crippen molar-refractivity contribution in [3.05, 3.63) is 36.4 Å². The highest BCUT2D eigenvalue weighted by molar-refractivity contribution is 5.75. The lowest BCUT2D eigenvalue weighted by Crippen LogP contribution is -2.26. The Morgan fingerprint density at radius 2 is 1.65 bits per heavy atom. The third-order valence-electron chi connectivity index (χ3n) is 3.04. The SMILES string of the molecule is C/C=C\CCCC(=O)Oc1ccc(OC(=O)C(CO)CO)cc1. The van der Waals surface area contributed by atoms with Gasteiger partial charge in [-0.15, -0.1) is 0 Å². The maximum Gasteiger partial charge on any atom is 0.319 e. The molecule has 0 atom stereocenters. The Kier molecular flexibility index (Phi) is 8.64. The van der Waals surface area contributed by atoms with Crippen molar-refractivity contribution in [3.8, 4) is 11.5 Å². The standard InChI is InChI=1S/C17H22O6/c1-2-3-4-5-6-16(20)22-14-7-9-15(10-8-14)23-17(21)13(11-18)12-19/h2-3,7-10,13,18-19H,4-6,11-12H2,1H3/b3-2-. The molecule has 0 aliphatic carbocycles. The molecule has 1 aromatic carbocycles. The summed E-state index contributed by atoms with van der Waals surface area (Å²) in [5.41, 5.74) is 0. The van der Waals surface area contributed by atoms with E-state index in [0.717, 1.165) is 12.8 Å². The first-order chi connectivity index (χ1) is 11.1. The minimum absolute atomic E-state index is 0.245. The normalized spacial score (nSPS) is 11.0. The minimum atomic E-state index is -0.968. The number of aliphatic hydroxyl groups excluding tert-OH is 2. The smallest absolute Gasteiger partial charge is 0.319 e. The van der Waals surface area contributed by atoms with Gasteiger partial charge in [0.05, 0.1) is 13.2 Å². The maximum absolute atomic E-state index is 11.6. The number of aliphatic hydroxyl groups is 2. The van der Waals surface area contributed by atoms with Crippen LogP contribution in [0.2, 0.25) is 0 Å². The largest absolute Gasteiger partial charge is 0.427 e. The van der Waals surface area contributed by atoms with Gasteiger partial charge in [-0.05, 0) is 44.0 Å². The summed E-state index contributed by atoms with van der Waals surface area (Å²) in [7, 11) is 0. The minimum Gasteiger partial charge on any atom is -0.427 e. The zero-order valence-electron chi connectivity index (χ0n) is 13.1. The van der Waals surface area contributed by atoms with Gasteiger partial charge >= 0.3 is 11.9 Å². The van der Waals surface area contributed by atoms with E-state index in [-0.39, 0.29) is 11.7 Å². The van der Waals surface area contributed by atoms with Crippen LogP contribution in [-0.4, -0.2) is 35.4 Å². The molecule has 0 unspecified atom stereocenters. The van der Waals surface area contributed by atoms with Crippen LogP contribution in [-0.2, 0) is 9.59 Å². The molecule has 0 heterocycles. The number of benzene rings is 1. The van der Waals surface area contributed by atoms with Gasteiger partial charge in [0, 0.05) is 6.42 Å². The van der Waals surface area contributed by atoms with Crippen LogP contribution >= 0.6 is 0 Å². The van der Waals surface area contributed by atoms with Crippen LogP contribution < -0.4 is 9.47 Å². The van der Waals surface area contributed by atoms with E-state index in [2.05, 4.69) is 0 Å². The van der Waals surface area contributed by atoms with Gasteiger partial charge in [-0.1, -0.05) is 12.2 Å². The molecule has 0 spiro atoms. The van der Waals surface area contributed by atoms with Crippen LogP contribution in [0.25, 0.3) is 0 Å². The molecule has 6 nitrogen and oxygen atoms in total. The number of allylic oxidation sites excluding steroid dienone is 2. The fourth-order valence-corrected chi connectivity index (χ4v) is 1.70. The zero-order chi connectivity index (χ0) is 17.1. The summed E-state index contributed by atoms with van der Waals surface area (Å²) in [5, 5.41) is 17.8. The Bertz CT molecular complexity index is 516. The number of ether oxygens (including phenoxy) is 2. The second-order valence-electron chi connectivity index (χ2n) is 4.89. The van der Waals surface area contributed by atoms with Gasteiger partial charge in [-0.25, -0.2) is 0 Å². The summed E-state index contributed by atoms with van der Waals surface area (Å²) in [6, 6.07) is 5.98. The molecule has 0 saturated heterocycles. The number of rotatable bonds is 9. The van der Waals surface area contributed by atoms with Gasteiger partial charge in [-0.3, -0.25) is 9.59 Å². The van der Waals surface area contributed by atoms with Crippen molar-refractivity contribution < 1.29 is 29.3 Å². The van der Waals surface area contributed by atoms with Gasteiger partial charge < -0.3 is 19.7 Å². The highest BCUT2D eigenvalue weighted by Crippen LogP contribution is 2.19. The molecule has 2 N–H and O–H groups in total. The first kappa shape index (κ1) is 18.9. The lowest BCUT2D eigenvalue weighted by molar-refractivity contribution is -0.141. The molecule has 1 rings (SSSR count). The summed E-state index contributed by atoms with van der Waals surface area (Å²) >= 11 is 0. The molecule has 1 aromatic rings. The van der Waals surface area contributed by atoms with Crippen molar-refractivity contribution in [2.45, 2.75) is 26.2 Å². The lowest BCUT2D eigenvalue weighted by Gasteiger charge is -2.11. The summed E-state index contributed by atoms with van der Waals surface area (Å²) in [5.74, 6) is -1.40. The molecule has 0 fully saturated rings. The Hall–Kier alpha value is -2.18. The molecule has 126 valence electrons. The Labute approximate surface area is 135 Å². The maximum atomic E-state index is 11.6. The first-order valence-corrected chi connectivity index (χ1v) is 7.46. The van der Waals surface area contributed by atoms with E-state index in [1.54, 1.807) is 0 Å². The fourth-order valence-electron chi connectivity index (χ4n) is 1.70. The average Bonchev–Trinajstić information content (AvgIpc) is 2.54. The van der Waals surface area contributed by atoms with Crippen LogP contribution in [0, 0.1) is 5.92 Å². The molecular formula is C17H22O6. The van der Waals surface area contributed by atoms with E-state index in [9.17, 15) is 9.59 Å². The van der Waals surface area contributed by atoms with Crippen LogP contribution in [0.1, 0.15) is 26.2 Å². The van der Waals surface area contributed by atoms with E-state index in [1.807, 2.05) is 19.1 Å². The Balaban J connectivity index is 2.47. The number of carbonyl (C=O) groups excluding carboxylic acids is 2. The predicted molar refractivity (Wildman–Crippen MR) is 84.0 cm³/mol. The van der Waals surface area contributed by atoms with Gasteiger partial charge in [0.15, 0.2) is 0 Å². The third kappa shape index (κ3) is 7.08. The number of hydrogen-bond acceptors (Lipinski definition) is 6. The predicted octanol–water partition coefficient (Wildman–Crippen LogP) is 1.84. The molecule has 0 amide bonds. The molecular weight excluding hydrogens is 300 g/mol. The van der Waals surface area contributed by atoms with E-state index >= 15 is 0 Å². The van der Waals surface area contributed by atoms with E-state index in [1.165, 1.54) is 24.3 Å². The molecule has 23 heavy (non-hydrogen) atoms. The number of hydrogen-bond donors (Lipinski definition) is 2. The van der Waals surface area contributed by atoms with Gasteiger partial charge in [0.2, 0.25) is 0 Å². The van der Waals surface area contributed by atoms with Crippen molar-refractivity contribution in [2.75, 3.05) is 13.2 Å². The van der Waals surface area contributed by atoms with Crippen LogP contribution in [0.3, 0.4) is 0 Å². The van der Waals surface area contributed by atoms with E-state index in [0.29, 0.717) is 12.2 Å².